The van der Waals surface area contributed by atoms with Gasteiger partial charge >= 0.3 is 12.2 Å². The molecule has 3 aromatic rings. The molecule has 2 aliphatic rings. The first-order chi connectivity index (χ1) is 21.3. The van der Waals surface area contributed by atoms with Gasteiger partial charge in [0, 0.05) is 76.0 Å². The molecule has 0 bridgehead atoms. The highest BCUT2D eigenvalue weighted by Gasteiger charge is 2.23. The first-order valence-corrected chi connectivity index (χ1v) is 15.2. The third kappa shape index (κ3) is 7.60. The van der Waals surface area contributed by atoms with Gasteiger partial charge in [0.15, 0.2) is 0 Å². The third-order valence-electron chi connectivity index (χ3n) is 7.48. The molecule has 14 nitrogen and oxygen atoms in total. The van der Waals surface area contributed by atoms with E-state index in [0.717, 1.165) is 55.4 Å². The molecule has 0 spiro atoms. The van der Waals surface area contributed by atoms with E-state index in [9.17, 15) is 9.59 Å². The summed E-state index contributed by atoms with van der Waals surface area (Å²) in [4.78, 5) is 41.4. The summed E-state index contributed by atoms with van der Waals surface area (Å²) in [6.07, 6.45) is 2.68. The maximum absolute atomic E-state index is 12.4. The predicted octanol–water partition coefficient (Wildman–Crippen LogP) is 3.71. The fraction of sp³-hybridized carbons (Fsp3) is 0.500. The number of nitrogens with zero attached hydrogens (tertiary/aromatic N) is 8. The number of nitrogens with two attached hydrogens (primary N) is 1. The zero-order valence-corrected chi connectivity index (χ0v) is 25.7. The van der Waals surface area contributed by atoms with Crippen molar-refractivity contribution in [1.29, 1.82) is 0 Å². The van der Waals surface area contributed by atoms with Gasteiger partial charge in [0.2, 0.25) is 11.9 Å². The van der Waals surface area contributed by atoms with Crippen LogP contribution in [0.5, 0.6) is 0 Å². The number of amides is 2. The Morgan fingerprint density at radius 1 is 0.909 bits per heavy atom. The van der Waals surface area contributed by atoms with Crippen LogP contribution in [-0.2, 0) is 9.47 Å². The van der Waals surface area contributed by atoms with Crippen LogP contribution in [0.15, 0.2) is 42.6 Å². The first-order valence-electron chi connectivity index (χ1n) is 15.2. The fourth-order valence-corrected chi connectivity index (χ4v) is 5.20. The van der Waals surface area contributed by atoms with Crippen molar-refractivity contribution in [3.8, 4) is 5.69 Å². The Morgan fingerprint density at radius 3 is 2.32 bits per heavy atom. The third-order valence-corrected chi connectivity index (χ3v) is 7.48. The Labute approximate surface area is 257 Å². The summed E-state index contributed by atoms with van der Waals surface area (Å²) in [7, 11) is 0. The molecule has 0 radical (unpaired) electrons. The molecular weight excluding hydrogens is 564 g/mol. The Hall–Kier alpha value is -4.75. The van der Waals surface area contributed by atoms with Crippen LogP contribution in [-0.4, -0.2) is 107 Å². The minimum absolute atomic E-state index is 0.149. The molecule has 0 aliphatic carbocycles. The molecule has 5 rings (SSSR count). The van der Waals surface area contributed by atoms with Gasteiger partial charge in [-0.3, -0.25) is 0 Å². The van der Waals surface area contributed by atoms with Crippen LogP contribution in [0.4, 0.5) is 38.7 Å². The summed E-state index contributed by atoms with van der Waals surface area (Å²) in [6, 6.07) is 11.8. The number of rotatable bonds is 8. The zero-order chi connectivity index (χ0) is 31.1. The lowest BCUT2D eigenvalue weighted by atomic mass is 10.2. The lowest BCUT2D eigenvalue weighted by Gasteiger charge is -2.35. The van der Waals surface area contributed by atoms with Gasteiger partial charge in [-0.25, -0.2) is 14.6 Å². The molecule has 2 fully saturated rings. The van der Waals surface area contributed by atoms with Crippen LogP contribution >= 0.6 is 0 Å². The van der Waals surface area contributed by atoms with Gasteiger partial charge in [-0.1, -0.05) is 6.92 Å². The topological polar surface area (TPSA) is 147 Å². The second-order valence-corrected chi connectivity index (χ2v) is 11.1. The summed E-state index contributed by atoms with van der Waals surface area (Å²) >= 11 is 0. The van der Waals surface area contributed by atoms with Gasteiger partial charge in [0.05, 0.1) is 18.4 Å². The normalized spacial score (nSPS) is 15.7. The van der Waals surface area contributed by atoms with E-state index in [0.29, 0.717) is 45.3 Å². The molecule has 1 aromatic carbocycles. The average Bonchev–Trinajstić information content (AvgIpc) is 3.22. The molecule has 236 valence electrons. The van der Waals surface area contributed by atoms with Gasteiger partial charge in [0.1, 0.15) is 5.82 Å². The number of pyridine rings is 1. The molecule has 2 saturated heterocycles. The van der Waals surface area contributed by atoms with Gasteiger partial charge in [-0.15, -0.1) is 5.10 Å². The van der Waals surface area contributed by atoms with Gasteiger partial charge in [-0.05, 0) is 57.0 Å². The van der Waals surface area contributed by atoms with Gasteiger partial charge in [0.25, 0.3) is 0 Å². The van der Waals surface area contributed by atoms with Crippen LogP contribution in [0.3, 0.4) is 0 Å². The quantitative estimate of drug-likeness (QED) is 0.387. The highest BCUT2D eigenvalue weighted by molar-refractivity contribution is 5.69. The number of carbonyl (C=O) groups excluding carboxylic acids is 2. The lowest BCUT2D eigenvalue weighted by Crippen LogP contribution is -2.49. The Kier molecular flexibility index (Phi) is 9.87. The van der Waals surface area contributed by atoms with Crippen molar-refractivity contribution in [2.45, 2.75) is 39.7 Å². The molecule has 0 saturated carbocycles. The van der Waals surface area contributed by atoms with Crippen molar-refractivity contribution in [3.05, 3.63) is 42.6 Å². The monoisotopic (exact) mass is 606 g/mol. The number of nitrogens with one attached hydrogen (secondary N) is 1. The minimum Gasteiger partial charge on any atom is -0.449 e. The van der Waals surface area contributed by atoms with Crippen molar-refractivity contribution in [2.75, 3.05) is 79.8 Å². The molecule has 2 amide bonds. The first kappa shape index (κ1) is 30.7. The minimum atomic E-state index is -0.280. The maximum atomic E-state index is 12.4. The molecule has 2 aromatic heterocycles. The van der Waals surface area contributed by atoms with Gasteiger partial charge < -0.3 is 40.1 Å². The number of piperazine rings is 1. The molecule has 0 atom stereocenters. The van der Waals surface area contributed by atoms with E-state index in [4.69, 9.17) is 15.2 Å². The number of benzene rings is 1. The molecule has 3 N–H and O–H groups in total. The van der Waals surface area contributed by atoms with Crippen molar-refractivity contribution in [3.63, 3.8) is 0 Å². The summed E-state index contributed by atoms with van der Waals surface area (Å²) in [5.41, 5.74) is 8.91. The second-order valence-electron chi connectivity index (χ2n) is 11.1. The number of aromatic nitrogens is 4. The van der Waals surface area contributed by atoms with Crippen LogP contribution in [0.1, 0.15) is 33.6 Å². The number of ether oxygens (including phenoxy) is 2. The molecule has 2 aliphatic heterocycles. The van der Waals surface area contributed by atoms with Crippen LogP contribution in [0, 0.1) is 0 Å². The molecule has 0 unspecified atom stereocenters. The highest BCUT2D eigenvalue weighted by atomic mass is 16.6. The van der Waals surface area contributed by atoms with Crippen LogP contribution < -0.4 is 20.9 Å². The van der Waals surface area contributed by atoms with E-state index in [1.165, 1.54) is 0 Å². The second kappa shape index (κ2) is 14.1. The number of anilines is 5. The average molecular weight is 607 g/mol. The smallest absolute Gasteiger partial charge is 0.410 e. The van der Waals surface area contributed by atoms with E-state index in [1.807, 2.05) is 57.2 Å². The van der Waals surface area contributed by atoms with E-state index < -0.39 is 0 Å². The van der Waals surface area contributed by atoms with Crippen molar-refractivity contribution >= 4 is 41.3 Å². The Morgan fingerprint density at radius 2 is 1.61 bits per heavy atom. The van der Waals surface area contributed by atoms with Crippen molar-refractivity contribution in [1.82, 2.24) is 29.5 Å². The van der Waals surface area contributed by atoms with E-state index in [1.54, 1.807) is 20.7 Å². The SMILES string of the molecule is CCCOC(=O)N1CCN(c2ccc(Nc3nc(N)n(-c4ccnc(N5CCCN(C(=O)OC(C)C)CC5)c4)n3)cc2)CC1. The molecule has 4 heterocycles. The molecular formula is C30H42N10O4. The highest BCUT2D eigenvalue weighted by Crippen LogP contribution is 2.24. The Balaban J connectivity index is 1.18. The lowest BCUT2D eigenvalue weighted by molar-refractivity contribution is 0.0788. The maximum Gasteiger partial charge on any atom is 0.410 e. The van der Waals surface area contributed by atoms with E-state index in [-0.39, 0.29) is 24.2 Å². The summed E-state index contributed by atoms with van der Waals surface area (Å²) in [5.74, 6) is 1.40. The largest absolute Gasteiger partial charge is 0.449 e. The van der Waals surface area contributed by atoms with Crippen molar-refractivity contribution < 1.29 is 19.1 Å². The number of hydrogen-bond donors (Lipinski definition) is 2. The summed E-state index contributed by atoms with van der Waals surface area (Å²) < 4.78 is 12.2. The summed E-state index contributed by atoms with van der Waals surface area (Å²) in [6.45, 7) is 11.5. The Bertz CT molecular complexity index is 1410. The van der Waals surface area contributed by atoms with E-state index >= 15 is 0 Å². The van der Waals surface area contributed by atoms with Gasteiger partial charge in [-0.2, -0.15) is 9.67 Å². The van der Waals surface area contributed by atoms with Crippen LogP contribution in [0.25, 0.3) is 5.69 Å². The summed E-state index contributed by atoms with van der Waals surface area (Å²) in [5, 5.41) is 7.83. The fourth-order valence-electron chi connectivity index (χ4n) is 5.20. The number of hydrogen-bond acceptors (Lipinski definition) is 11. The zero-order valence-electron chi connectivity index (χ0n) is 25.7. The predicted molar refractivity (Wildman–Crippen MR) is 169 cm³/mol. The molecule has 44 heavy (non-hydrogen) atoms. The standard InChI is InChI=1S/C30H42N10O4/c1-4-20-43-29(41)39-17-14-36(15-18-39)24-8-6-23(7-9-24)33-28-34-27(31)40(35-28)25-10-11-32-26(21-25)37-12-5-13-38(19-16-37)30(42)44-22(2)3/h6-11,21-22H,4-5,12-20H2,1-3H3,(H3,31,33,34,35). The van der Waals surface area contributed by atoms with Crippen LogP contribution in [0.2, 0.25) is 0 Å². The number of nitrogen functional groups attached to an aromatic ring is 1. The molecule has 14 heteroatoms. The van der Waals surface area contributed by atoms with E-state index in [2.05, 4.69) is 30.2 Å². The van der Waals surface area contributed by atoms with Crippen molar-refractivity contribution in [2.24, 2.45) is 0 Å². The number of carbonyl (C=O) groups is 2.